The zero-order chi connectivity index (χ0) is 13.7. The number of aryl methyl sites for hydroxylation is 1. The Morgan fingerprint density at radius 3 is 2.56 bits per heavy atom. The van der Waals surface area contributed by atoms with E-state index in [9.17, 15) is 9.59 Å². The largest absolute Gasteiger partial charge is 0.480 e. The van der Waals surface area contributed by atoms with Crippen LogP contribution in [0.5, 0.6) is 0 Å². The van der Waals surface area contributed by atoms with Crippen LogP contribution in [0.4, 0.5) is 10.5 Å². The molecule has 1 rings (SSSR count). The minimum atomic E-state index is -1.03. The van der Waals surface area contributed by atoms with Crippen LogP contribution >= 0.6 is 0 Å². The second-order valence-electron chi connectivity index (χ2n) is 4.15. The fourth-order valence-corrected chi connectivity index (χ4v) is 1.54. The van der Waals surface area contributed by atoms with Gasteiger partial charge >= 0.3 is 12.0 Å². The summed E-state index contributed by atoms with van der Waals surface area (Å²) < 4.78 is 0. The number of carboxylic acids is 1. The van der Waals surface area contributed by atoms with Gasteiger partial charge in [-0.1, -0.05) is 19.1 Å². The Kier molecular flexibility index (Phi) is 4.71. The molecule has 0 bridgehead atoms. The average Bonchev–Trinajstić information content (AvgIpc) is 2.31. The van der Waals surface area contributed by atoms with Crippen molar-refractivity contribution in [1.29, 1.82) is 0 Å². The number of rotatable bonds is 4. The molecule has 0 spiro atoms. The van der Waals surface area contributed by atoms with Crippen LogP contribution in [-0.4, -0.2) is 23.1 Å². The number of nitrogens with one attached hydrogen (secondary N) is 2. The van der Waals surface area contributed by atoms with Crippen molar-refractivity contribution in [3.05, 3.63) is 29.3 Å². The molecule has 5 nitrogen and oxygen atoms in total. The van der Waals surface area contributed by atoms with Crippen LogP contribution in [0.15, 0.2) is 18.2 Å². The Bertz CT molecular complexity index is 458. The molecule has 0 radical (unpaired) electrons. The van der Waals surface area contributed by atoms with Gasteiger partial charge in [0.2, 0.25) is 0 Å². The van der Waals surface area contributed by atoms with Crippen molar-refractivity contribution >= 4 is 17.7 Å². The van der Waals surface area contributed by atoms with Gasteiger partial charge in [-0.25, -0.2) is 9.59 Å². The zero-order valence-corrected chi connectivity index (χ0v) is 10.8. The van der Waals surface area contributed by atoms with Crippen molar-refractivity contribution in [2.75, 3.05) is 5.32 Å². The summed E-state index contributed by atoms with van der Waals surface area (Å²) in [5, 5.41) is 13.9. The lowest BCUT2D eigenvalue weighted by Crippen LogP contribution is -2.42. The van der Waals surface area contributed by atoms with Gasteiger partial charge < -0.3 is 15.7 Å². The lowest BCUT2D eigenvalue weighted by Gasteiger charge is -2.15. The normalized spacial score (nSPS) is 11.7. The highest BCUT2D eigenvalue weighted by molar-refractivity contribution is 5.92. The number of carbonyl (C=O) groups excluding carboxylic acids is 1. The van der Waals surface area contributed by atoms with Crippen molar-refractivity contribution in [2.45, 2.75) is 33.2 Å². The molecule has 0 saturated heterocycles. The lowest BCUT2D eigenvalue weighted by atomic mass is 10.1. The Labute approximate surface area is 106 Å². The number of aliphatic carboxylic acids is 1. The third-order valence-corrected chi connectivity index (χ3v) is 2.86. The molecule has 2 amide bonds. The molecule has 0 unspecified atom stereocenters. The van der Waals surface area contributed by atoms with Crippen LogP contribution in [0.2, 0.25) is 0 Å². The van der Waals surface area contributed by atoms with E-state index in [1.165, 1.54) is 0 Å². The molecule has 0 aromatic heterocycles. The summed E-state index contributed by atoms with van der Waals surface area (Å²) in [6.07, 6.45) is 0.343. The number of amides is 2. The summed E-state index contributed by atoms with van der Waals surface area (Å²) >= 11 is 0. The number of hydrogen-bond donors (Lipinski definition) is 3. The van der Waals surface area contributed by atoms with E-state index in [0.29, 0.717) is 12.1 Å². The Balaban J connectivity index is 2.70. The highest BCUT2D eigenvalue weighted by atomic mass is 16.4. The van der Waals surface area contributed by atoms with E-state index in [2.05, 4.69) is 10.6 Å². The van der Waals surface area contributed by atoms with Crippen molar-refractivity contribution in [3.8, 4) is 0 Å². The molecule has 0 aliphatic heterocycles. The van der Waals surface area contributed by atoms with Crippen molar-refractivity contribution < 1.29 is 14.7 Å². The Morgan fingerprint density at radius 2 is 2.00 bits per heavy atom. The van der Waals surface area contributed by atoms with E-state index in [1.807, 2.05) is 26.0 Å². The van der Waals surface area contributed by atoms with Crippen LogP contribution < -0.4 is 10.6 Å². The quantitative estimate of drug-likeness (QED) is 0.767. The van der Waals surface area contributed by atoms with E-state index in [4.69, 9.17) is 5.11 Å². The first-order chi connectivity index (χ1) is 8.45. The molecule has 1 aromatic carbocycles. The molecule has 0 aliphatic carbocycles. The average molecular weight is 250 g/mol. The topological polar surface area (TPSA) is 78.4 Å². The van der Waals surface area contributed by atoms with Crippen LogP contribution in [0.25, 0.3) is 0 Å². The predicted molar refractivity (Wildman–Crippen MR) is 69.8 cm³/mol. The monoisotopic (exact) mass is 250 g/mol. The van der Waals surface area contributed by atoms with Gasteiger partial charge in [-0.3, -0.25) is 0 Å². The molecule has 0 saturated carbocycles. The van der Waals surface area contributed by atoms with Crippen LogP contribution in [0.3, 0.4) is 0 Å². The molecule has 5 heteroatoms. The van der Waals surface area contributed by atoms with Gasteiger partial charge in [-0.2, -0.15) is 0 Å². The molecule has 0 aliphatic rings. The molecule has 3 N–H and O–H groups in total. The third-order valence-electron chi connectivity index (χ3n) is 2.86. The molecular weight excluding hydrogens is 232 g/mol. The van der Waals surface area contributed by atoms with Gasteiger partial charge in [-0.15, -0.1) is 0 Å². The number of carbonyl (C=O) groups is 2. The molecule has 1 aromatic rings. The SMILES string of the molecule is CC[C@H](NC(=O)Nc1cccc(C)c1C)C(=O)O. The van der Waals surface area contributed by atoms with Gasteiger partial charge in [0.25, 0.3) is 0 Å². The first-order valence-corrected chi connectivity index (χ1v) is 5.82. The highest BCUT2D eigenvalue weighted by Crippen LogP contribution is 2.17. The number of benzene rings is 1. The standard InChI is InChI=1S/C13H18N2O3/c1-4-10(12(16)17)14-13(18)15-11-7-5-6-8(2)9(11)3/h5-7,10H,4H2,1-3H3,(H,16,17)(H2,14,15,18)/t10-/m0/s1. The summed E-state index contributed by atoms with van der Waals surface area (Å²) in [7, 11) is 0. The van der Waals surface area contributed by atoms with Crippen LogP contribution in [-0.2, 0) is 4.79 Å². The Hall–Kier alpha value is -2.04. The molecular formula is C13H18N2O3. The van der Waals surface area contributed by atoms with Gasteiger partial charge in [0.05, 0.1) is 0 Å². The number of urea groups is 1. The van der Waals surface area contributed by atoms with Crippen LogP contribution in [0, 0.1) is 13.8 Å². The smallest absolute Gasteiger partial charge is 0.326 e. The zero-order valence-electron chi connectivity index (χ0n) is 10.8. The fraction of sp³-hybridized carbons (Fsp3) is 0.385. The summed E-state index contributed by atoms with van der Waals surface area (Å²) in [6, 6.07) is 4.20. The maximum atomic E-state index is 11.7. The van der Waals surface area contributed by atoms with Gasteiger partial charge in [0.15, 0.2) is 0 Å². The van der Waals surface area contributed by atoms with E-state index < -0.39 is 18.0 Å². The maximum absolute atomic E-state index is 11.7. The second-order valence-corrected chi connectivity index (χ2v) is 4.15. The predicted octanol–water partition coefficient (Wildman–Crippen LogP) is 2.29. The lowest BCUT2D eigenvalue weighted by molar-refractivity contribution is -0.139. The molecule has 0 heterocycles. The molecule has 18 heavy (non-hydrogen) atoms. The van der Waals surface area contributed by atoms with Crippen LogP contribution in [0.1, 0.15) is 24.5 Å². The highest BCUT2D eigenvalue weighted by Gasteiger charge is 2.17. The molecule has 98 valence electrons. The first-order valence-electron chi connectivity index (χ1n) is 5.82. The maximum Gasteiger partial charge on any atom is 0.326 e. The first kappa shape index (κ1) is 14.0. The van der Waals surface area contributed by atoms with Gasteiger partial charge in [0.1, 0.15) is 6.04 Å². The number of hydrogen-bond acceptors (Lipinski definition) is 2. The van der Waals surface area contributed by atoms with E-state index in [0.717, 1.165) is 11.1 Å². The third kappa shape index (κ3) is 3.48. The molecule has 1 atom stereocenters. The summed E-state index contributed by atoms with van der Waals surface area (Å²) in [6.45, 7) is 5.56. The van der Waals surface area contributed by atoms with Gasteiger partial charge in [-0.05, 0) is 37.5 Å². The van der Waals surface area contributed by atoms with E-state index in [1.54, 1.807) is 13.0 Å². The number of carboxylic acid groups (broad SMARTS) is 1. The summed E-state index contributed by atoms with van der Waals surface area (Å²) in [5.41, 5.74) is 2.72. The minimum absolute atomic E-state index is 0.343. The van der Waals surface area contributed by atoms with E-state index in [-0.39, 0.29) is 0 Å². The second kappa shape index (κ2) is 6.05. The van der Waals surface area contributed by atoms with Crippen molar-refractivity contribution in [1.82, 2.24) is 5.32 Å². The fourth-order valence-electron chi connectivity index (χ4n) is 1.54. The Morgan fingerprint density at radius 1 is 1.33 bits per heavy atom. The molecule has 0 fully saturated rings. The summed E-state index contributed by atoms with van der Waals surface area (Å²) in [4.78, 5) is 22.5. The minimum Gasteiger partial charge on any atom is -0.480 e. The summed E-state index contributed by atoms with van der Waals surface area (Å²) in [5.74, 6) is -1.03. The van der Waals surface area contributed by atoms with E-state index >= 15 is 0 Å². The van der Waals surface area contributed by atoms with Gasteiger partial charge in [0, 0.05) is 5.69 Å². The number of anilines is 1. The van der Waals surface area contributed by atoms with Crippen molar-refractivity contribution in [2.24, 2.45) is 0 Å². The van der Waals surface area contributed by atoms with Crippen molar-refractivity contribution in [3.63, 3.8) is 0 Å².